The summed E-state index contributed by atoms with van der Waals surface area (Å²) in [7, 11) is 0. The van der Waals surface area contributed by atoms with Gasteiger partial charge in [-0.15, -0.1) is 0 Å². The van der Waals surface area contributed by atoms with Crippen LogP contribution in [0.3, 0.4) is 0 Å². The molecule has 0 amide bonds. The molecule has 0 aliphatic rings. The van der Waals surface area contributed by atoms with Gasteiger partial charge < -0.3 is 0 Å². The summed E-state index contributed by atoms with van der Waals surface area (Å²) in [6.45, 7) is 8.21. The maximum Gasteiger partial charge on any atom is 0.128 e. The Hall–Kier alpha value is -0.860. The minimum Gasteiger partial charge on any atom is -0.251 e. The summed E-state index contributed by atoms with van der Waals surface area (Å²) in [5.74, 6) is 0. The molecule has 0 heterocycles. The van der Waals surface area contributed by atoms with Gasteiger partial charge in [-0.05, 0) is 18.4 Å². The van der Waals surface area contributed by atoms with Crippen LogP contribution in [0.4, 0.5) is 0 Å². The molecule has 0 saturated carbocycles. The van der Waals surface area contributed by atoms with Crippen molar-refractivity contribution in [2.45, 2.75) is 59.0 Å². The second-order valence-corrected chi connectivity index (χ2v) is 3.95. The SMILES string of the molecule is CC.CCCC(CCC)(OO)c1ccccc1. The molecule has 0 spiro atoms. The Morgan fingerprint density at radius 3 is 1.82 bits per heavy atom. The van der Waals surface area contributed by atoms with Crippen LogP contribution >= 0.6 is 0 Å². The second kappa shape index (κ2) is 9.20. The lowest BCUT2D eigenvalue weighted by atomic mass is 9.85. The molecule has 0 radical (unpaired) electrons. The van der Waals surface area contributed by atoms with Gasteiger partial charge in [0.05, 0.1) is 0 Å². The molecule has 2 nitrogen and oxygen atoms in total. The van der Waals surface area contributed by atoms with Crippen molar-refractivity contribution in [2.75, 3.05) is 0 Å². The number of benzene rings is 1. The first-order valence-corrected chi connectivity index (χ1v) is 6.67. The first kappa shape index (κ1) is 16.1. The summed E-state index contributed by atoms with van der Waals surface area (Å²) in [6.07, 6.45) is 3.69. The Morgan fingerprint density at radius 1 is 1.00 bits per heavy atom. The van der Waals surface area contributed by atoms with E-state index in [0.717, 1.165) is 31.2 Å². The van der Waals surface area contributed by atoms with E-state index in [1.807, 2.05) is 44.2 Å². The van der Waals surface area contributed by atoms with Crippen LogP contribution < -0.4 is 0 Å². The minimum absolute atomic E-state index is 0.509. The molecule has 0 atom stereocenters. The monoisotopic (exact) mass is 238 g/mol. The molecule has 2 heteroatoms. The smallest absolute Gasteiger partial charge is 0.128 e. The average Bonchev–Trinajstić information content (AvgIpc) is 2.41. The van der Waals surface area contributed by atoms with E-state index < -0.39 is 5.60 Å². The quantitative estimate of drug-likeness (QED) is 0.558. The van der Waals surface area contributed by atoms with Crippen LogP contribution in [0.1, 0.15) is 58.9 Å². The first-order chi connectivity index (χ1) is 8.29. The molecule has 1 N–H and O–H groups in total. The number of hydrogen-bond acceptors (Lipinski definition) is 2. The first-order valence-electron chi connectivity index (χ1n) is 6.67. The topological polar surface area (TPSA) is 29.5 Å². The van der Waals surface area contributed by atoms with Gasteiger partial charge in [0, 0.05) is 0 Å². The van der Waals surface area contributed by atoms with Crippen molar-refractivity contribution in [2.24, 2.45) is 0 Å². The van der Waals surface area contributed by atoms with E-state index in [1.165, 1.54) is 0 Å². The summed E-state index contributed by atoms with van der Waals surface area (Å²) in [6, 6.07) is 9.97. The molecule has 1 rings (SSSR count). The Kier molecular flexibility index (Phi) is 8.73. The van der Waals surface area contributed by atoms with Crippen LogP contribution in [0.15, 0.2) is 30.3 Å². The van der Waals surface area contributed by atoms with Crippen molar-refractivity contribution >= 4 is 0 Å². The lowest BCUT2D eigenvalue weighted by Crippen LogP contribution is -2.28. The van der Waals surface area contributed by atoms with Crippen LogP contribution in [0.5, 0.6) is 0 Å². The maximum atomic E-state index is 9.19. The molecular formula is C15H26O2. The molecule has 0 aliphatic heterocycles. The van der Waals surface area contributed by atoms with Crippen molar-refractivity contribution in [3.63, 3.8) is 0 Å². The van der Waals surface area contributed by atoms with Gasteiger partial charge in [-0.25, -0.2) is 4.89 Å². The normalized spacial score (nSPS) is 10.6. The highest BCUT2D eigenvalue weighted by molar-refractivity contribution is 5.22. The maximum absolute atomic E-state index is 9.19. The van der Waals surface area contributed by atoms with Gasteiger partial charge in [0.15, 0.2) is 0 Å². The highest BCUT2D eigenvalue weighted by atomic mass is 17.1. The minimum atomic E-state index is -0.509. The van der Waals surface area contributed by atoms with E-state index in [2.05, 4.69) is 13.8 Å². The molecule has 0 aliphatic carbocycles. The molecule has 17 heavy (non-hydrogen) atoms. The Bertz CT molecular complexity index is 264. The number of rotatable bonds is 6. The van der Waals surface area contributed by atoms with Crippen molar-refractivity contribution in [1.82, 2.24) is 0 Å². The van der Waals surface area contributed by atoms with Crippen molar-refractivity contribution in [3.8, 4) is 0 Å². The predicted molar refractivity (Wildman–Crippen MR) is 73.0 cm³/mol. The van der Waals surface area contributed by atoms with E-state index in [9.17, 15) is 5.26 Å². The zero-order valence-electron chi connectivity index (χ0n) is 11.6. The highest BCUT2D eigenvalue weighted by Gasteiger charge is 2.31. The van der Waals surface area contributed by atoms with Gasteiger partial charge in [-0.3, -0.25) is 5.26 Å². The molecule has 0 aromatic heterocycles. The largest absolute Gasteiger partial charge is 0.251 e. The van der Waals surface area contributed by atoms with Gasteiger partial charge in [-0.1, -0.05) is 70.9 Å². The molecule has 98 valence electrons. The third kappa shape index (κ3) is 4.49. The van der Waals surface area contributed by atoms with Crippen LogP contribution in [0, 0.1) is 0 Å². The van der Waals surface area contributed by atoms with Crippen LogP contribution in [0.2, 0.25) is 0 Å². The average molecular weight is 238 g/mol. The highest BCUT2D eigenvalue weighted by Crippen LogP contribution is 2.34. The lowest BCUT2D eigenvalue weighted by molar-refractivity contribution is -0.334. The van der Waals surface area contributed by atoms with Crippen LogP contribution in [-0.4, -0.2) is 5.26 Å². The summed E-state index contributed by atoms with van der Waals surface area (Å²) >= 11 is 0. The number of hydrogen-bond donors (Lipinski definition) is 1. The fraction of sp³-hybridized carbons (Fsp3) is 0.600. The van der Waals surface area contributed by atoms with Crippen molar-refractivity contribution in [3.05, 3.63) is 35.9 Å². The lowest BCUT2D eigenvalue weighted by Gasteiger charge is -2.30. The third-order valence-corrected chi connectivity index (χ3v) is 2.78. The van der Waals surface area contributed by atoms with Gasteiger partial charge in [0.2, 0.25) is 0 Å². The van der Waals surface area contributed by atoms with Gasteiger partial charge in [0.1, 0.15) is 5.60 Å². The molecule has 0 fully saturated rings. The summed E-state index contributed by atoms with van der Waals surface area (Å²) in [5, 5.41) is 9.19. The Morgan fingerprint density at radius 2 is 1.47 bits per heavy atom. The Labute approximate surface area is 106 Å². The van der Waals surface area contributed by atoms with Gasteiger partial charge in [0.25, 0.3) is 0 Å². The van der Waals surface area contributed by atoms with Crippen LogP contribution in [-0.2, 0) is 10.5 Å². The van der Waals surface area contributed by atoms with Crippen molar-refractivity contribution in [1.29, 1.82) is 0 Å². The molecular weight excluding hydrogens is 212 g/mol. The van der Waals surface area contributed by atoms with E-state index in [0.29, 0.717) is 0 Å². The Balaban J connectivity index is 0.00000121. The van der Waals surface area contributed by atoms with E-state index in [1.54, 1.807) is 0 Å². The molecule has 0 saturated heterocycles. The predicted octanol–water partition coefficient (Wildman–Crippen LogP) is 5.00. The zero-order chi connectivity index (χ0) is 13.1. The molecule has 0 unspecified atom stereocenters. The van der Waals surface area contributed by atoms with E-state index in [4.69, 9.17) is 4.89 Å². The van der Waals surface area contributed by atoms with Gasteiger partial charge in [-0.2, -0.15) is 0 Å². The van der Waals surface area contributed by atoms with E-state index in [-0.39, 0.29) is 0 Å². The molecule has 1 aromatic carbocycles. The fourth-order valence-electron chi connectivity index (χ4n) is 2.11. The van der Waals surface area contributed by atoms with Crippen LogP contribution in [0.25, 0.3) is 0 Å². The summed E-state index contributed by atoms with van der Waals surface area (Å²) in [4.78, 5) is 4.80. The standard InChI is InChI=1S/C13H20O2.C2H6/c1-3-10-13(15-14,11-4-2)12-8-6-5-7-9-12;1-2/h5-9,14H,3-4,10-11H2,1-2H3;1-2H3. The zero-order valence-corrected chi connectivity index (χ0v) is 11.6. The second-order valence-electron chi connectivity index (χ2n) is 3.95. The van der Waals surface area contributed by atoms with E-state index >= 15 is 0 Å². The fourth-order valence-corrected chi connectivity index (χ4v) is 2.11. The summed E-state index contributed by atoms with van der Waals surface area (Å²) in [5.41, 5.74) is 0.557. The molecule has 0 bridgehead atoms. The third-order valence-electron chi connectivity index (χ3n) is 2.78. The van der Waals surface area contributed by atoms with Gasteiger partial charge >= 0.3 is 0 Å². The van der Waals surface area contributed by atoms with Crippen molar-refractivity contribution < 1.29 is 10.1 Å². The molecule has 1 aromatic rings. The summed E-state index contributed by atoms with van der Waals surface area (Å²) < 4.78 is 0.